The summed E-state index contributed by atoms with van der Waals surface area (Å²) in [6, 6.07) is 0. The van der Waals surface area contributed by atoms with Crippen LogP contribution in [0.4, 0.5) is 4.79 Å². The molecule has 1 aliphatic rings. The van der Waals surface area contributed by atoms with E-state index in [4.69, 9.17) is 8.92 Å². The van der Waals surface area contributed by atoms with Crippen molar-refractivity contribution in [3.63, 3.8) is 0 Å². The monoisotopic (exact) mass is 335 g/mol. The molecule has 0 aliphatic carbocycles. The quantitative estimate of drug-likeness (QED) is 0.570. The summed E-state index contributed by atoms with van der Waals surface area (Å²) in [6.45, 7) is 10.5. The minimum atomic E-state index is -3.37. The van der Waals surface area contributed by atoms with Gasteiger partial charge in [0, 0.05) is 12.1 Å². The highest BCUT2D eigenvalue weighted by atomic mass is 32.2. The Morgan fingerprint density at radius 3 is 2.41 bits per heavy atom. The summed E-state index contributed by atoms with van der Waals surface area (Å²) in [5, 5.41) is 0. The van der Waals surface area contributed by atoms with Crippen LogP contribution in [0, 0.1) is 5.92 Å². The Labute approximate surface area is 134 Å². The van der Waals surface area contributed by atoms with Crippen LogP contribution in [-0.4, -0.2) is 50.0 Å². The molecule has 0 unspecified atom stereocenters. The number of hydrogen-bond acceptors (Lipinski definition) is 5. The van der Waals surface area contributed by atoms with Gasteiger partial charge in [-0.05, 0) is 59.8 Å². The van der Waals surface area contributed by atoms with Gasteiger partial charge in [-0.2, -0.15) is 8.42 Å². The lowest BCUT2D eigenvalue weighted by molar-refractivity contribution is 0.0131. The molecule has 0 aromatic rings. The van der Waals surface area contributed by atoms with Crippen LogP contribution in [0.5, 0.6) is 0 Å². The van der Waals surface area contributed by atoms with Gasteiger partial charge in [0.2, 0.25) is 0 Å². The zero-order valence-electron chi connectivity index (χ0n) is 14.5. The van der Waals surface area contributed by atoms with Crippen LogP contribution in [0.1, 0.15) is 53.9 Å². The number of likely N-dealkylation sites (tertiary alicyclic amines) is 1. The van der Waals surface area contributed by atoms with Crippen LogP contribution < -0.4 is 0 Å². The standard InChI is InChI=1S/C15H29NO5S/c1-14(2,3)21-13(17)16-11-12(10-15(16,4)5)8-7-9-20-22(6,18)19/h12H,7-11H2,1-6H3/t12-/m0/s1. The maximum absolute atomic E-state index is 12.3. The maximum Gasteiger partial charge on any atom is 0.410 e. The smallest absolute Gasteiger partial charge is 0.410 e. The van der Waals surface area contributed by atoms with E-state index >= 15 is 0 Å². The van der Waals surface area contributed by atoms with E-state index in [0.717, 1.165) is 19.1 Å². The van der Waals surface area contributed by atoms with Crippen LogP contribution in [0.3, 0.4) is 0 Å². The average Bonchev–Trinajstić information content (AvgIpc) is 2.56. The van der Waals surface area contributed by atoms with E-state index in [-0.39, 0.29) is 18.2 Å². The molecule has 0 spiro atoms. The first-order chi connectivity index (χ1) is 9.80. The van der Waals surface area contributed by atoms with Crippen molar-refractivity contribution in [1.29, 1.82) is 0 Å². The third-order valence-corrected chi connectivity index (χ3v) is 4.22. The van der Waals surface area contributed by atoms with Gasteiger partial charge < -0.3 is 9.64 Å². The maximum atomic E-state index is 12.3. The van der Waals surface area contributed by atoms with E-state index in [1.54, 1.807) is 4.90 Å². The SMILES string of the molecule is CC(C)(C)OC(=O)N1C[C@@H](CCCOS(C)(=O)=O)CC1(C)C. The second-order valence-corrected chi connectivity index (χ2v) is 9.29. The Kier molecular flexibility index (Phi) is 5.89. The molecule has 1 amide bonds. The van der Waals surface area contributed by atoms with Gasteiger partial charge in [0.1, 0.15) is 5.60 Å². The van der Waals surface area contributed by atoms with E-state index in [2.05, 4.69) is 0 Å². The number of rotatable bonds is 5. The van der Waals surface area contributed by atoms with Gasteiger partial charge >= 0.3 is 6.09 Å². The molecule has 0 aromatic heterocycles. The van der Waals surface area contributed by atoms with Gasteiger partial charge in [-0.25, -0.2) is 4.79 Å². The first kappa shape index (κ1) is 19.2. The van der Waals surface area contributed by atoms with Gasteiger partial charge in [-0.3, -0.25) is 4.18 Å². The molecule has 22 heavy (non-hydrogen) atoms. The van der Waals surface area contributed by atoms with E-state index in [1.807, 2.05) is 34.6 Å². The summed E-state index contributed by atoms with van der Waals surface area (Å²) < 4.78 is 32.0. The number of carbonyl (C=O) groups excluding carboxylic acids is 1. The van der Waals surface area contributed by atoms with Gasteiger partial charge in [-0.15, -0.1) is 0 Å². The number of amides is 1. The average molecular weight is 335 g/mol. The minimum Gasteiger partial charge on any atom is -0.444 e. The van der Waals surface area contributed by atoms with Crippen LogP contribution in [-0.2, 0) is 19.0 Å². The van der Waals surface area contributed by atoms with E-state index in [9.17, 15) is 13.2 Å². The Morgan fingerprint density at radius 1 is 1.32 bits per heavy atom. The molecule has 6 nitrogen and oxygen atoms in total. The van der Waals surface area contributed by atoms with Crippen molar-refractivity contribution in [2.45, 2.75) is 65.0 Å². The molecule has 7 heteroatoms. The van der Waals surface area contributed by atoms with Crippen molar-refractivity contribution in [1.82, 2.24) is 4.90 Å². The first-order valence-corrected chi connectivity index (χ1v) is 9.47. The molecular weight excluding hydrogens is 306 g/mol. The van der Waals surface area contributed by atoms with Crippen molar-refractivity contribution in [3.8, 4) is 0 Å². The summed E-state index contributed by atoms with van der Waals surface area (Å²) in [4.78, 5) is 14.1. The minimum absolute atomic E-state index is 0.197. The van der Waals surface area contributed by atoms with Crippen LogP contribution in [0.2, 0.25) is 0 Å². The molecule has 0 saturated carbocycles. The van der Waals surface area contributed by atoms with Crippen LogP contribution >= 0.6 is 0 Å². The number of hydrogen-bond donors (Lipinski definition) is 0. The topological polar surface area (TPSA) is 72.9 Å². The summed E-state index contributed by atoms with van der Waals surface area (Å²) >= 11 is 0. The third-order valence-electron chi connectivity index (χ3n) is 3.63. The molecule has 1 rings (SSSR count). The van der Waals surface area contributed by atoms with E-state index < -0.39 is 15.7 Å². The Balaban J connectivity index is 2.50. The van der Waals surface area contributed by atoms with Gasteiger partial charge in [0.15, 0.2) is 0 Å². The normalized spacial score (nSPS) is 21.9. The summed E-state index contributed by atoms with van der Waals surface area (Å²) in [5.74, 6) is 0.339. The number of ether oxygens (including phenoxy) is 1. The Hall–Kier alpha value is -0.820. The zero-order chi connectivity index (χ0) is 17.2. The molecule has 1 saturated heterocycles. The molecular formula is C15H29NO5S. The fourth-order valence-electron chi connectivity index (χ4n) is 2.80. The predicted octanol–water partition coefficient (Wildman–Crippen LogP) is 2.78. The van der Waals surface area contributed by atoms with Crippen molar-refractivity contribution < 1.29 is 22.1 Å². The summed E-state index contributed by atoms with van der Waals surface area (Å²) in [7, 11) is -3.37. The van der Waals surface area contributed by atoms with Gasteiger partial charge in [-0.1, -0.05) is 0 Å². The van der Waals surface area contributed by atoms with E-state index in [0.29, 0.717) is 18.9 Å². The number of nitrogens with zero attached hydrogens (tertiary/aromatic N) is 1. The fourth-order valence-corrected chi connectivity index (χ4v) is 3.22. The van der Waals surface area contributed by atoms with E-state index in [1.165, 1.54) is 0 Å². The summed E-state index contributed by atoms with van der Waals surface area (Å²) in [5.41, 5.74) is -0.751. The fraction of sp³-hybridized carbons (Fsp3) is 0.933. The lowest BCUT2D eigenvalue weighted by Gasteiger charge is -2.33. The molecule has 1 atom stereocenters. The first-order valence-electron chi connectivity index (χ1n) is 7.65. The third kappa shape index (κ3) is 6.52. The second-order valence-electron chi connectivity index (χ2n) is 7.64. The lowest BCUT2D eigenvalue weighted by Crippen LogP contribution is -2.45. The second kappa shape index (κ2) is 6.74. The Morgan fingerprint density at radius 2 is 1.91 bits per heavy atom. The molecule has 0 radical (unpaired) electrons. The molecule has 0 N–H and O–H groups in total. The van der Waals surface area contributed by atoms with Crippen LogP contribution in [0.15, 0.2) is 0 Å². The van der Waals surface area contributed by atoms with Crippen molar-refractivity contribution >= 4 is 16.2 Å². The zero-order valence-corrected chi connectivity index (χ0v) is 15.3. The summed E-state index contributed by atoms with van der Waals surface area (Å²) in [6.07, 6.45) is 3.14. The van der Waals surface area contributed by atoms with Crippen molar-refractivity contribution in [2.24, 2.45) is 5.92 Å². The molecule has 1 aliphatic heterocycles. The highest BCUT2D eigenvalue weighted by Gasteiger charge is 2.42. The predicted molar refractivity (Wildman–Crippen MR) is 85.2 cm³/mol. The molecule has 0 aromatic carbocycles. The molecule has 130 valence electrons. The largest absolute Gasteiger partial charge is 0.444 e. The number of carbonyl (C=O) groups is 1. The molecule has 0 bridgehead atoms. The van der Waals surface area contributed by atoms with Crippen molar-refractivity contribution in [3.05, 3.63) is 0 Å². The lowest BCUT2D eigenvalue weighted by atomic mass is 9.93. The van der Waals surface area contributed by atoms with Gasteiger partial charge in [0.05, 0.1) is 12.9 Å². The highest BCUT2D eigenvalue weighted by Crippen LogP contribution is 2.36. The Bertz CT molecular complexity index is 493. The van der Waals surface area contributed by atoms with Gasteiger partial charge in [0.25, 0.3) is 10.1 Å². The molecule has 1 heterocycles. The highest BCUT2D eigenvalue weighted by molar-refractivity contribution is 7.85. The van der Waals surface area contributed by atoms with Crippen LogP contribution in [0.25, 0.3) is 0 Å². The molecule has 1 fully saturated rings. The van der Waals surface area contributed by atoms with Crippen molar-refractivity contribution in [2.75, 3.05) is 19.4 Å².